The van der Waals surface area contributed by atoms with Crippen molar-refractivity contribution < 1.29 is 5.11 Å². The molecule has 2 aliphatic heterocycles. The first kappa shape index (κ1) is 19.2. The van der Waals surface area contributed by atoms with E-state index < -0.39 is 0 Å². The Morgan fingerprint density at radius 1 is 1.19 bits per heavy atom. The molecule has 3 nitrogen and oxygen atoms in total. The van der Waals surface area contributed by atoms with Crippen molar-refractivity contribution in [3.8, 4) is 0 Å². The topological polar surface area (TPSA) is 45.0 Å². The molecule has 0 fully saturated rings. The summed E-state index contributed by atoms with van der Waals surface area (Å²) < 4.78 is 0. The van der Waals surface area contributed by atoms with E-state index in [2.05, 4.69) is 50.9 Å². The number of aliphatic hydroxyl groups excluding tert-OH is 1. The first-order valence-corrected chi connectivity index (χ1v) is 9.63. The van der Waals surface area contributed by atoms with Gasteiger partial charge in [0.05, 0.1) is 24.1 Å². The lowest BCUT2D eigenvalue weighted by Crippen LogP contribution is -2.27. The monoisotopic (exact) mass is 360 g/mol. The van der Waals surface area contributed by atoms with E-state index in [1.54, 1.807) is 6.08 Å². The quantitative estimate of drug-likeness (QED) is 0.793. The smallest absolute Gasteiger partial charge is 0.0702 e. The number of hydrogen-bond donors (Lipinski definition) is 1. The zero-order valence-electron chi connectivity index (χ0n) is 16.1. The summed E-state index contributed by atoms with van der Waals surface area (Å²) in [7, 11) is 0. The molecule has 0 radical (unpaired) electrons. The molecular formula is C24H28N2O. The van der Waals surface area contributed by atoms with Crippen LogP contribution in [0.1, 0.15) is 49.7 Å². The van der Waals surface area contributed by atoms with Gasteiger partial charge in [-0.15, -0.1) is 0 Å². The molecule has 0 aromatic heterocycles. The van der Waals surface area contributed by atoms with E-state index in [0.29, 0.717) is 12.3 Å². The molecule has 0 amide bonds. The Morgan fingerprint density at radius 2 is 1.93 bits per heavy atom. The van der Waals surface area contributed by atoms with Crippen LogP contribution in [0.3, 0.4) is 0 Å². The Morgan fingerprint density at radius 3 is 2.59 bits per heavy atom. The fourth-order valence-electron chi connectivity index (χ4n) is 4.24. The first-order chi connectivity index (χ1) is 13.1. The highest BCUT2D eigenvalue weighted by Gasteiger charge is 2.31. The van der Waals surface area contributed by atoms with E-state index in [-0.39, 0.29) is 12.6 Å². The molecule has 3 heteroatoms. The predicted octanol–water partition coefficient (Wildman–Crippen LogP) is 5.15. The zero-order chi connectivity index (χ0) is 19.4. The van der Waals surface area contributed by atoms with Crippen LogP contribution >= 0.6 is 0 Å². The van der Waals surface area contributed by atoms with Gasteiger partial charge in [-0.2, -0.15) is 0 Å². The van der Waals surface area contributed by atoms with Gasteiger partial charge in [0.2, 0.25) is 0 Å². The third kappa shape index (κ3) is 3.79. The van der Waals surface area contributed by atoms with Crippen LogP contribution in [0.15, 0.2) is 83.0 Å². The van der Waals surface area contributed by atoms with Gasteiger partial charge in [-0.25, -0.2) is 0 Å². The van der Waals surface area contributed by atoms with Gasteiger partial charge >= 0.3 is 0 Å². The summed E-state index contributed by atoms with van der Waals surface area (Å²) in [4.78, 5) is 9.70. The molecule has 0 saturated carbocycles. The molecule has 3 rings (SSSR count). The normalized spacial score (nSPS) is 27.6. The summed E-state index contributed by atoms with van der Waals surface area (Å²) in [5.74, 6) is 0.309. The Kier molecular flexibility index (Phi) is 6.02. The number of aliphatic imine (C=N–C) groups is 2. The van der Waals surface area contributed by atoms with E-state index in [1.807, 2.05) is 6.08 Å². The number of nitrogens with zero attached hydrogens (tertiary/aromatic N) is 2. The van der Waals surface area contributed by atoms with Gasteiger partial charge in [0.1, 0.15) is 0 Å². The number of fused-ring (bicyclic) bond motifs is 3. The second-order valence-corrected chi connectivity index (χ2v) is 7.08. The SMILES string of the molecule is C=CC1=NC2CC(=C)/N=C(C=C)\C(CO)=C(\CC)CCC2c2ccccc21. The van der Waals surface area contributed by atoms with E-state index in [4.69, 9.17) is 9.98 Å². The third-order valence-corrected chi connectivity index (χ3v) is 5.59. The van der Waals surface area contributed by atoms with Crippen molar-refractivity contribution in [1.82, 2.24) is 0 Å². The number of hydrogen-bond acceptors (Lipinski definition) is 3. The van der Waals surface area contributed by atoms with E-state index in [9.17, 15) is 5.11 Å². The van der Waals surface area contributed by atoms with Gasteiger partial charge < -0.3 is 5.11 Å². The lowest BCUT2D eigenvalue weighted by atomic mass is 9.78. The van der Waals surface area contributed by atoms with Crippen molar-refractivity contribution in [3.05, 3.63) is 84.1 Å². The fraction of sp³-hybridized carbons (Fsp3) is 0.333. The summed E-state index contributed by atoms with van der Waals surface area (Å²) in [5, 5.41) is 9.97. The Labute approximate surface area is 162 Å². The summed E-state index contributed by atoms with van der Waals surface area (Å²) in [6, 6.07) is 8.59. The standard InChI is InChI=1S/C24H28N2O/c1-5-17-12-13-20-18-10-8-9-11-19(18)22(6-2)26-24(20)14-16(4)25-23(7-3)21(17)15-27/h6-11,20,24,27H,2-5,12-15H2,1H3/b21-17-,25-23-. The maximum Gasteiger partial charge on any atom is 0.0702 e. The minimum absolute atomic E-state index is 0.0231. The molecule has 140 valence electrons. The van der Waals surface area contributed by atoms with Crippen molar-refractivity contribution in [2.24, 2.45) is 9.98 Å². The van der Waals surface area contributed by atoms with Crippen LogP contribution in [0, 0.1) is 0 Å². The lowest BCUT2D eigenvalue weighted by molar-refractivity contribution is 0.335. The maximum atomic E-state index is 9.97. The molecule has 2 atom stereocenters. The van der Waals surface area contributed by atoms with E-state index in [1.165, 1.54) is 16.7 Å². The molecule has 1 aromatic rings. The molecule has 0 bridgehead atoms. The second kappa shape index (κ2) is 8.45. The molecule has 0 spiro atoms. The number of benzene rings is 1. The molecule has 1 N–H and O–H groups in total. The Hall–Kier alpha value is -2.52. The van der Waals surface area contributed by atoms with Crippen LogP contribution in [-0.2, 0) is 0 Å². The predicted molar refractivity (Wildman–Crippen MR) is 115 cm³/mol. The van der Waals surface area contributed by atoms with Crippen LogP contribution < -0.4 is 0 Å². The van der Waals surface area contributed by atoms with Gasteiger partial charge in [0.15, 0.2) is 0 Å². The van der Waals surface area contributed by atoms with Gasteiger partial charge in [0.25, 0.3) is 0 Å². The third-order valence-electron chi connectivity index (χ3n) is 5.59. The zero-order valence-corrected chi connectivity index (χ0v) is 16.1. The van der Waals surface area contributed by atoms with Gasteiger partial charge in [-0.3, -0.25) is 9.98 Å². The Balaban J connectivity index is 2.10. The summed E-state index contributed by atoms with van der Waals surface area (Å²) in [6.07, 6.45) is 7.04. The minimum atomic E-state index is -0.0231. The summed E-state index contributed by atoms with van der Waals surface area (Å²) in [6.45, 7) is 14.1. The molecule has 2 aliphatic rings. The maximum absolute atomic E-state index is 9.97. The molecule has 0 saturated heterocycles. The average molecular weight is 361 g/mol. The Bertz CT molecular complexity index is 857. The van der Waals surface area contributed by atoms with E-state index in [0.717, 1.165) is 42.0 Å². The van der Waals surface area contributed by atoms with E-state index >= 15 is 0 Å². The molecular weight excluding hydrogens is 332 g/mol. The number of rotatable bonds is 4. The largest absolute Gasteiger partial charge is 0.392 e. The van der Waals surface area contributed by atoms with Gasteiger partial charge in [0, 0.05) is 29.2 Å². The lowest BCUT2D eigenvalue weighted by Gasteiger charge is -2.32. The molecule has 2 unspecified atom stereocenters. The number of allylic oxidation sites excluding steroid dienone is 3. The van der Waals surface area contributed by atoms with Crippen LogP contribution in [0.4, 0.5) is 0 Å². The van der Waals surface area contributed by atoms with Crippen molar-refractivity contribution in [2.45, 2.75) is 44.6 Å². The van der Waals surface area contributed by atoms with Crippen molar-refractivity contribution in [1.29, 1.82) is 0 Å². The molecule has 2 heterocycles. The minimum Gasteiger partial charge on any atom is -0.392 e. The van der Waals surface area contributed by atoms with Crippen molar-refractivity contribution >= 4 is 11.4 Å². The highest BCUT2D eigenvalue weighted by molar-refractivity contribution is 6.10. The van der Waals surface area contributed by atoms with Crippen LogP contribution in [0.2, 0.25) is 0 Å². The fourth-order valence-corrected chi connectivity index (χ4v) is 4.24. The highest BCUT2D eigenvalue weighted by atomic mass is 16.3. The molecule has 1 aromatic carbocycles. The summed E-state index contributed by atoms with van der Waals surface area (Å²) >= 11 is 0. The molecule has 27 heavy (non-hydrogen) atoms. The highest BCUT2D eigenvalue weighted by Crippen LogP contribution is 2.39. The van der Waals surface area contributed by atoms with Crippen molar-refractivity contribution in [3.63, 3.8) is 0 Å². The first-order valence-electron chi connectivity index (χ1n) is 9.63. The van der Waals surface area contributed by atoms with Crippen LogP contribution in [0.25, 0.3) is 0 Å². The molecule has 0 aliphatic carbocycles. The second-order valence-electron chi connectivity index (χ2n) is 7.08. The number of aliphatic hydroxyl groups is 1. The van der Waals surface area contributed by atoms with Crippen LogP contribution in [-0.4, -0.2) is 29.2 Å². The van der Waals surface area contributed by atoms with Gasteiger partial charge in [-0.1, -0.05) is 56.5 Å². The van der Waals surface area contributed by atoms with Gasteiger partial charge in [-0.05, 0) is 37.0 Å². The average Bonchev–Trinajstić information content (AvgIpc) is 2.69. The van der Waals surface area contributed by atoms with Crippen molar-refractivity contribution in [2.75, 3.05) is 6.61 Å². The van der Waals surface area contributed by atoms with Crippen LogP contribution in [0.5, 0.6) is 0 Å². The summed E-state index contributed by atoms with van der Waals surface area (Å²) in [5.41, 5.74) is 7.10.